The van der Waals surface area contributed by atoms with Gasteiger partial charge >= 0.3 is 0 Å². The number of hydrogen-bond acceptors (Lipinski definition) is 4. The van der Waals surface area contributed by atoms with Crippen molar-refractivity contribution in [1.82, 2.24) is 10.2 Å². The van der Waals surface area contributed by atoms with Gasteiger partial charge in [-0.1, -0.05) is 13.3 Å². The summed E-state index contributed by atoms with van der Waals surface area (Å²) in [6.07, 6.45) is 3.95. The summed E-state index contributed by atoms with van der Waals surface area (Å²) >= 11 is 0. The van der Waals surface area contributed by atoms with E-state index in [1.165, 1.54) is 12.8 Å². The highest BCUT2D eigenvalue weighted by Gasteiger charge is 2.24. The van der Waals surface area contributed by atoms with Crippen molar-refractivity contribution < 1.29 is 0 Å². The number of nitrogen functional groups attached to an aromatic ring is 1. The fourth-order valence-corrected chi connectivity index (χ4v) is 2.13. The lowest BCUT2D eigenvalue weighted by Crippen LogP contribution is -2.25. The van der Waals surface area contributed by atoms with Crippen LogP contribution in [-0.4, -0.2) is 29.1 Å². The predicted molar refractivity (Wildman–Crippen MR) is 63.7 cm³/mol. The Morgan fingerprint density at radius 3 is 3.12 bits per heavy atom. The van der Waals surface area contributed by atoms with Crippen molar-refractivity contribution in [3.05, 3.63) is 17.8 Å². The van der Waals surface area contributed by atoms with Crippen LogP contribution in [0.1, 0.15) is 25.3 Å². The average Bonchev–Trinajstić information content (AvgIpc) is 2.77. The molecule has 1 aliphatic rings. The maximum absolute atomic E-state index is 7.52. The fourth-order valence-electron chi connectivity index (χ4n) is 2.13. The molecule has 3 N–H and O–H groups in total. The van der Waals surface area contributed by atoms with Gasteiger partial charge in [0.25, 0.3) is 0 Å². The summed E-state index contributed by atoms with van der Waals surface area (Å²) < 4.78 is 0. The molecule has 1 fully saturated rings. The third-order valence-corrected chi connectivity index (χ3v) is 3.15. The molecule has 0 radical (unpaired) electrons. The van der Waals surface area contributed by atoms with Crippen LogP contribution in [0.3, 0.4) is 0 Å². The number of nitrogens with one attached hydrogen (secondary N) is 1. The largest absolute Gasteiger partial charge is 0.384 e. The molecular weight excluding hydrogens is 202 g/mol. The van der Waals surface area contributed by atoms with Gasteiger partial charge in [-0.25, -0.2) is 0 Å². The number of aromatic nitrogens is 2. The zero-order valence-corrected chi connectivity index (χ0v) is 9.48. The number of hydrogen-bond donors (Lipinski definition) is 2. The Morgan fingerprint density at radius 1 is 1.69 bits per heavy atom. The van der Waals surface area contributed by atoms with Crippen molar-refractivity contribution in [3.63, 3.8) is 0 Å². The molecule has 2 rings (SSSR count). The summed E-state index contributed by atoms with van der Waals surface area (Å²) in [4.78, 5) is 2.18. The Balaban J connectivity index is 2.24. The molecule has 1 atom stereocenters. The Labute approximate surface area is 95.2 Å². The molecule has 0 aromatic carbocycles. The van der Waals surface area contributed by atoms with E-state index in [1.54, 1.807) is 12.3 Å². The molecule has 2 heterocycles. The van der Waals surface area contributed by atoms with Crippen molar-refractivity contribution in [2.75, 3.05) is 18.0 Å². The Bertz CT molecular complexity index is 390. The van der Waals surface area contributed by atoms with Crippen molar-refractivity contribution in [2.24, 2.45) is 11.7 Å². The van der Waals surface area contributed by atoms with Gasteiger partial charge in [0, 0.05) is 13.1 Å². The molecule has 1 aromatic heterocycles. The van der Waals surface area contributed by atoms with E-state index >= 15 is 0 Å². The second-order valence-corrected chi connectivity index (χ2v) is 4.19. The molecule has 0 amide bonds. The second kappa shape index (κ2) is 4.47. The average molecular weight is 219 g/mol. The summed E-state index contributed by atoms with van der Waals surface area (Å²) in [6, 6.07) is 1.75. The van der Waals surface area contributed by atoms with Gasteiger partial charge in [-0.05, 0) is 18.4 Å². The van der Waals surface area contributed by atoms with Crippen molar-refractivity contribution in [1.29, 1.82) is 5.41 Å². The van der Waals surface area contributed by atoms with Crippen LogP contribution in [0.25, 0.3) is 0 Å². The van der Waals surface area contributed by atoms with E-state index < -0.39 is 0 Å². The molecule has 5 nitrogen and oxygen atoms in total. The monoisotopic (exact) mass is 219 g/mol. The summed E-state index contributed by atoms with van der Waals surface area (Å²) in [7, 11) is 0. The molecule has 0 bridgehead atoms. The first-order valence-electron chi connectivity index (χ1n) is 5.63. The van der Waals surface area contributed by atoms with Gasteiger partial charge < -0.3 is 10.6 Å². The highest BCUT2D eigenvalue weighted by atomic mass is 15.3. The normalized spacial score (nSPS) is 20.1. The van der Waals surface area contributed by atoms with Crippen LogP contribution in [0, 0.1) is 11.3 Å². The molecule has 1 aliphatic heterocycles. The van der Waals surface area contributed by atoms with Gasteiger partial charge in [0.2, 0.25) is 0 Å². The van der Waals surface area contributed by atoms with Crippen LogP contribution < -0.4 is 10.6 Å². The van der Waals surface area contributed by atoms with E-state index in [0.29, 0.717) is 5.56 Å². The zero-order valence-electron chi connectivity index (χ0n) is 9.48. The van der Waals surface area contributed by atoms with Crippen LogP contribution in [0.15, 0.2) is 12.3 Å². The van der Waals surface area contributed by atoms with E-state index in [1.807, 2.05) is 0 Å². The molecule has 86 valence electrons. The van der Waals surface area contributed by atoms with Crippen LogP contribution in [0.4, 0.5) is 5.82 Å². The van der Waals surface area contributed by atoms with Crippen LogP contribution >= 0.6 is 0 Å². The van der Waals surface area contributed by atoms with E-state index in [-0.39, 0.29) is 5.84 Å². The van der Waals surface area contributed by atoms with Crippen LogP contribution in [-0.2, 0) is 0 Å². The van der Waals surface area contributed by atoms with E-state index in [2.05, 4.69) is 22.0 Å². The Hall–Kier alpha value is -1.65. The molecule has 1 aromatic rings. The lowest BCUT2D eigenvalue weighted by molar-refractivity contribution is 0.568. The number of amidine groups is 1. The first-order valence-corrected chi connectivity index (χ1v) is 5.63. The summed E-state index contributed by atoms with van der Waals surface area (Å²) in [5.74, 6) is 1.54. The van der Waals surface area contributed by atoms with E-state index in [9.17, 15) is 0 Å². The summed E-state index contributed by atoms with van der Waals surface area (Å²) in [5, 5.41) is 15.5. The molecule has 0 aliphatic carbocycles. The first kappa shape index (κ1) is 10.9. The minimum absolute atomic E-state index is 0.0600. The highest BCUT2D eigenvalue weighted by molar-refractivity contribution is 5.99. The second-order valence-electron chi connectivity index (χ2n) is 4.19. The Kier molecular flexibility index (Phi) is 3.03. The van der Waals surface area contributed by atoms with E-state index in [0.717, 1.165) is 24.8 Å². The van der Waals surface area contributed by atoms with Crippen molar-refractivity contribution in [2.45, 2.75) is 19.8 Å². The zero-order chi connectivity index (χ0) is 11.5. The SMILES string of the molecule is CCC1CCN(c2nnccc2C(=N)N)C1. The summed E-state index contributed by atoms with van der Waals surface area (Å²) in [6.45, 7) is 4.18. The molecule has 0 saturated carbocycles. The van der Waals surface area contributed by atoms with Gasteiger partial charge in [0.1, 0.15) is 5.84 Å². The topological polar surface area (TPSA) is 78.9 Å². The standard InChI is InChI=1S/C11H17N5/c1-2-8-4-6-16(7-8)11-9(10(12)13)3-5-14-15-11/h3,5,8H,2,4,6-7H2,1H3,(H3,12,13). The maximum atomic E-state index is 7.52. The van der Waals surface area contributed by atoms with Gasteiger partial charge in [-0.15, -0.1) is 5.10 Å². The fraction of sp³-hybridized carbons (Fsp3) is 0.545. The molecule has 0 spiro atoms. The van der Waals surface area contributed by atoms with Crippen molar-refractivity contribution >= 4 is 11.7 Å². The van der Waals surface area contributed by atoms with Crippen LogP contribution in [0.2, 0.25) is 0 Å². The van der Waals surface area contributed by atoms with E-state index in [4.69, 9.17) is 11.1 Å². The molecule has 16 heavy (non-hydrogen) atoms. The third kappa shape index (κ3) is 1.98. The van der Waals surface area contributed by atoms with Gasteiger partial charge in [-0.2, -0.15) is 5.10 Å². The maximum Gasteiger partial charge on any atom is 0.162 e. The predicted octanol–water partition coefficient (Wildman–Crippen LogP) is 0.997. The quantitative estimate of drug-likeness (QED) is 0.587. The number of anilines is 1. The minimum Gasteiger partial charge on any atom is -0.384 e. The minimum atomic E-state index is 0.0600. The van der Waals surface area contributed by atoms with Crippen LogP contribution in [0.5, 0.6) is 0 Å². The third-order valence-electron chi connectivity index (χ3n) is 3.15. The number of rotatable bonds is 3. The smallest absolute Gasteiger partial charge is 0.162 e. The lowest BCUT2D eigenvalue weighted by atomic mass is 10.1. The first-order chi connectivity index (χ1) is 7.72. The molecule has 5 heteroatoms. The van der Waals surface area contributed by atoms with Gasteiger partial charge in [0.05, 0.1) is 11.8 Å². The van der Waals surface area contributed by atoms with Gasteiger partial charge in [0.15, 0.2) is 5.82 Å². The molecule has 1 unspecified atom stereocenters. The number of nitrogens with zero attached hydrogens (tertiary/aromatic N) is 3. The van der Waals surface area contributed by atoms with Crippen molar-refractivity contribution in [3.8, 4) is 0 Å². The lowest BCUT2D eigenvalue weighted by Gasteiger charge is -2.19. The summed E-state index contributed by atoms with van der Waals surface area (Å²) in [5.41, 5.74) is 6.22. The number of nitrogens with two attached hydrogens (primary N) is 1. The highest BCUT2D eigenvalue weighted by Crippen LogP contribution is 2.25. The Morgan fingerprint density at radius 2 is 2.50 bits per heavy atom. The van der Waals surface area contributed by atoms with Gasteiger partial charge in [-0.3, -0.25) is 5.41 Å². The molecule has 1 saturated heterocycles. The molecular formula is C11H17N5.